The van der Waals surface area contributed by atoms with Gasteiger partial charge < -0.3 is 15.3 Å². The molecule has 1 saturated heterocycles. The van der Waals surface area contributed by atoms with Crippen molar-refractivity contribution in [2.75, 3.05) is 18.4 Å². The van der Waals surface area contributed by atoms with E-state index in [2.05, 4.69) is 10.3 Å². The molecule has 98 valence electrons. The van der Waals surface area contributed by atoms with E-state index in [-0.39, 0.29) is 6.04 Å². The highest BCUT2D eigenvalue weighted by Crippen LogP contribution is 2.24. The lowest BCUT2D eigenvalue weighted by Gasteiger charge is -2.16. The average Bonchev–Trinajstić information content (AvgIpc) is 2.88. The predicted octanol–water partition coefficient (Wildman–Crippen LogP) is 2.40. The lowest BCUT2D eigenvalue weighted by atomic mass is 10.1. The molecule has 1 amide bonds. The predicted molar refractivity (Wildman–Crippen MR) is 73.4 cm³/mol. The summed E-state index contributed by atoms with van der Waals surface area (Å²) < 4.78 is 0. The van der Waals surface area contributed by atoms with Crippen molar-refractivity contribution >= 4 is 22.6 Å². The van der Waals surface area contributed by atoms with Crippen LogP contribution in [-0.2, 0) is 0 Å². The van der Waals surface area contributed by atoms with E-state index in [1.807, 2.05) is 30.5 Å². The Morgan fingerprint density at radius 2 is 2.21 bits per heavy atom. The third kappa shape index (κ3) is 2.31. The van der Waals surface area contributed by atoms with Gasteiger partial charge in [-0.05, 0) is 6.42 Å². The number of nitrogens with zero attached hydrogens (tertiary/aromatic N) is 2. The number of amides is 1. The summed E-state index contributed by atoms with van der Waals surface area (Å²) in [5.41, 5.74) is 0.968. The van der Waals surface area contributed by atoms with Crippen LogP contribution in [0.25, 0.3) is 10.8 Å². The first-order valence-electron chi connectivity index (χ1n) is 6.31. The fourth-order valence-electron chi connectivity index (χ4n) is 2.50. The Morgan fingerprint density at radius 1 is 1.37 bits per heavy atom. The highest BCUT2D eigenvalue weighted by Gasteiger charge is 2.25. The Morgan fingerprint density at radius 3 is 3.00 bits per heavy atom. The molecule has 5 heteroatoms. The highest BCUT2D eigenvalue weighted by atomic mass is 16.4. The average molecular weight is 257 g/mol. The Labute approximate surface area is 110 Å². The van der Waals surface area contributed by atoms with Gasteiger partial charge in [-0.3, -0.25) is 4.98 Å². The van der Waals surface area contributed by atoms with Gasteiger partial charge in [0.25, 0.3) is 0 Å². The van der Waals surface area contributed by atoms with Gasteiger partial charge in [0.1, 0.15) is 0 Å². The number of carbonyl (C=O) groups is 1. The first-order chi connectivity index (χ1) is 9.24. The molecule has 2 heterocycles. The Balaban J connectivity index is 1.81. The summed E-state index contributed by atoms with van der Waals surface area (Å²) in [5, 5.41) is 14.6. The van der Waals surface area contributed by atoms with E-state index in [0.717, 1.165) is 22.9 Å². The number of hydrogen-bond acceptors (Lipinski definition) is 3. The van der Waals surface area contributed by atoms with Gasteiger partial charge in [-0.25, -0.2) is 4.79 Å². The number of rotatable bonds is 2. The number of carboxylic acid groups (broad SMARTS) is 1. The van der Waals surface area contributed by atoms with Gasteiger partial charge in [-0.15, -0.1) is 0 Å². The van der Waals surface area contributed by atoms with E-state index in [9.17, 15) is 4.79 Å². The summed E-state index contributed by atoms with van der Waals surface area (Å²) in [7, 11) is 0. The standard InChI is InChI=1S/C14H15N3O2/c18-14(19)17-6-5-11(9-17)16-13-8-15-7-10-3-1-2-4-12(10)13/h1-4,7-8,11,16H,5-6,9H2,(H,18,19). The van der Waals surface area contributed by atoms with Crippen LogP contribution in [-0.4, -0.2) is 40.2 Å². The molecule has 3 rings (SSSR count). The first-order valence-corrected chi connectivity index (χ1v) is 6.31. The topological polar surface area (TPSA) is 65.5 Å². The number of anilines is 1. The van der Waals surface area contributed by atoms with Crippen molar-refractivity contribution in [3.05, 3.63) is 36.7 Å². The van der Waals surface area contributed by atoms with Crippen molar-refractivity contribution in [2.24, 2.45) is 0 Å². The minimum absolute atomic E-state index is 0.156. The van der Waals surface area contributed by atoms with Crippen molar-refractivity contribution in [1.29, 1.82) is 0 Å². The largest absolute Gasteiger partial charge is 0.465 e. The Bertz CT molecular complexity index is 609. The molecule has 2 N–H and O–H groups in total. The molecule has 2 aromatic rings. The van der Waals surface area contributed by atoms with Gasteiger partial charge in [0.2, 0.25) is 0 Å². The maximum absolute atomic E-state index is 10.9. The molecule has 0 spiro atoms. The van der Waals surface area contributed by atoms with Crippen LogP contribution in [0, 0.1) is 0 Å². The van der Waals surface area contributed by atoms with Crippen LogP contribution in [0.5, 0.6) is 0 Å². The maximum atomic E-state index is 10.9. The fraction of sp³-hybridized carbons (Fsp3) is 0.286. The molecule has 1 aromatic heterocycles. The van der Waals surface area contributed by atoms with Crippen LogP contribution < -0.4 is 5.32 Å². The molecule has 1 atom stereocenters. The number of pyridine rings is 1. The van der Waals surface area contributed by atoms with E-state index >= 15 is 0 Å². The van der Waals surface area contributed by atoms with E-state index < -0.39 is 6.09 Å². The smallest absolute Gasteiger partial charge is 0.407 e. The van der Waals surface area contributed by atoms with Crippen LogP contribution in [0.2, 0.25) is 0 Å². The zero-order chi connectivity index (χ0) is 13.2. The SMILES string of the molecule is O=C(O)N1CCC(Nc2cncc3ccccc23)C1. The number of benzene rings is 1. The van der Waals surface area contributed by atoms with Crippen molar-refractivity contribution in [1.82, 2.24) is 9.88 Å². The summed E-state index contributed by atoms with van der Waals surface area (Å²) in [4.78, 5) is 16.6. The zero-order valence-electron chi connectivity index (χ0n) is 10.4. The van der Waals surface area contributed by atoms with Gasteiger partial charge in [0.05, 0.1) is 11.9 Å². The molecule has 0 radical (unpaired) electrons. The van der Waals surface area contributed by atoms with E-state index in [1.165, 1.54) is 4.90 Å². The molecule has 1 aliphatic heterocycles. The molecule has 0 saturated carbocycles. The molecular weight excluding hydrogens is 242 g/mol. The van der Waals surface area contributed by atoms with Gasteiger partial charge >= 0.3 is 6.09 Å². The molecular formula is C14H15N3O2. The second kappa shape index (κ2) is 4.76. The third-order valence-electron chi connectivity index (χ3n) is 3.49. The molecule has 0 bridgehead atoms. The zero-order valence-corrected chi connectivity index (χ0v) is 10.4. The molecule has 5 nitrogen and oxygen atoms in total. The third-order valence-corrected chi connectivity index (χ3v) is 3.49. The van der Waals surface area contributed by atoms with Gasteiger partial charge in [0, 0.05) is 36.1 Å². The van der Waals surface area contributed by atoms with Crippen molar-refractivity contribution in [2.45, 2.75) is 12.5 Å². The summed E-state index contributed by atoms with van der Waals surface area (Å²) >= 11 is 0. The summed E-state index contributed by atoms with van der Waals surface area (Å²) in [6, 6.07) is 8.19. The molecule has 1 unspecified atom stereocenters. The van der Waals surface area contributed by atoms with E-state index in [0.29, 0.717) is 13.1 Å². The highest BCUT2D eigenvalue weighted by molar-refractivity contribution is 5.92. The quantitative estimate of drug-likeness (QED) is 0.867. The second-order valence-corrected chi connectivity index (χ2v) is 4.77. The Hall–Kier alpha value is -2.30. The summed E-state index contributed by atoms with van der Waals surface area (Å²) in [5.74, 6) is 0. The molecule has 19 heavy (non-hydrogen) atoms. The number of hydrogen-bond donors (Lipinski definition) is 2. The Kier molecular flexibility index (Phi) is 2.95. The summed E-state index contributed by atoms with van der Waals surface area (Å²) in [6.45, 7) is 1.11. The van der Waals surface area contributed by atoms with E-state index in [4.69, 9.17) is 5.11 Å². The molecule has 1 fully saturated rings. The number of likely N-dealkylation sites (tertiary alicyclic amines) is 1. The van der Waals surface area contributed by atoms with E-state index in [1.54, 1.807) is 6.20 Å². The lowest BCUT2D eigenvalue weighted by Crippen LogP contribution is -2.30. The molecule has 0 aliphatic carbocycles. The normalized spacial score (nSPS) is 18.7. The number of aromatic nitrogens is 1. The molecule has 1 aromatic carbocycles. The number of fused-ring (bicyclic) bond motifs is 1. The minimum Gasteiger partial charge on any atom is -0.465 e. The second-order valence-electron chi connectivity index (χ2n) is 4.77. The van der Waals surface area contributed by atoms with Crippen LogP contribution in [0.4, 0.5) is 10.5 Å². The lowest BCUT2D eigenvalue weighted by molar-refractivity contribution is 0.155. The van der Waals surface area contributed by atoms with Crippen molar-refractivity contribution < 1.29 is 9.90 Å². The molecule has 1 aliphatic rings. The van der Waals surface area contributed by atoms with Crippen LogP contribution in [0.1, 0.15) is 6.42 Å². The van der Waals surface area contributed by atoms with Crippen LogP contribution >= 0.6 is 0 Å². The maximum Gasteiger partial charge on any atom is 0.407 e. The monoisotopic (exact) mass is 257 g/mol. The van der Waals surface area contributed by atoms with Gasteiger partial charge in [-0.2, -0.15) is 0 Å². The van der Waals surface area contributed by atoms with Crippen LogP contribution in [0.3, 0.4) is 0 Å². The first kappa shape index (κ1) is 11.8. The fourth-order valence-corrected chi connectivity index (χ4v) is 2.50. The van der Waals surface area contributed by atoms with Crippen molar-refractivity contribution in [3.8, 4) is 0 Å². The van der Waals surface area contributed by atoms with Crippen molar-refractivity contribution in [3.63, 3.8) is 0 Å². The minimum atomic E-state index is -0.847. The van der Waals surface area contributed by atoms with Gasteiger partial charge in [-0.1, -0.05) is 24.3 Å². The van der Waals surface area contributed by atoms with Gasteiger partial charge in [0.15, 0.2) is 0 Å². The summed E-state index contributed by atoms with van der Waals surface area (Å²) in [6.07, 6.45) is 3.61. The van der Waals surface area contributed by atoms with Crippen LogP contribution in [0.15, 0.2) is 36.7 Å². The number of nitrogens with one attached hydrogen (secondary N) is 1.